The van der Waals surface area contributed by atoms with Crippen molar-refractivity contribution in [3.05, 3.63) is 12.2 Å². The fourth-order valence-corrected chi connectivity index (χ4v) is 11.3. The molecule has 13 atom stereocenters. The van der Waals surface area contributed by atoms with Gasteiger partial charge in [0.05, 0.1) is 18.3 Å². The largest absolute Gasteiger partial charge is 0.394 e. The van der Waals surface area contributed by atoms with Crippen molar-refractivity contribution in [3.8, 4) is 0 Å². The molecule has 89 heavy (non-hydrogen) atoms. The van der Waals surface area contributed by atoms with Crippen LogP contribution in [-0.2, 0) is 52.7 Å². The van der Waals surface area contributed by atoms with E-state index in [9.17, 15) is 48.9 Å². The van der Waals surface area contributed by atoms with E-state index in [4.69, 9.17) is 0 Å². The van der Waals surface area contributed by atoms with Crippen molar-refractivity contribution in [2.75, 3.05) is 63.0 Å². The summed E-state index contributed by atoms with van der Waals surface area (Å²) in [7, 11) is 10.8. The van der Waals surface area contributed by atoms with Crippen molar-refractivity contribution in [1.29, 1.82) is 0 Å². The first-order chi connectivity index (χ1) is 40.9. The molecule has 11 amide bonds. The van der Waals surface area contributed by atoms with Crippen molar-refractivity contribution < 1.29 is 68.1 Å². The Hall–Kier alpha value is -6.21. The molecule has 0 aromatic rings. The van der Waals surface area contributed by atoms with Gasteiger partial charge in [-0.15, -0.1) is 0 Å². The molecule has 1 heterocycles. The van der Waals surface area contributed by atoms with E-state index in [1.54, 1.807) is 60.6 Å². The topological polar surface area (TPSA) is 310 Å². The number of likely N-dealkylation sites (N-methyl/N-ethyl adjacent to an activating group) is 8. The van der Waals surface area contributed by atoms with Crippen molar-refractivity contribution in [2.45, 2.75) is 234 Å². The van der Waals surface area contributed by atoms with E-state index in [1.807, 2.05) is 41.5 Å². The van der Waals surface area contributed by atoms with Gasteiger partial charge < -0.3 is 70.5 Å². The highest BCUT2D eigenvalue weighted by Gasteiger charge is 2.48. The third kappa shape index (κ3) is 21.7. The smallest absolute Gasteiger partial charge is 0.248 e. The highest BCUT2D eigenvalue weighted by atomic mass is 16.3. The molecule has 25 nitrogen and oxygen atoms in total. The lowest BCUT2D eigenvalue weighted by Crippen LogP contribution is -2.64. The zero-order valence-electron chi connectivity index (χ0n) is 58.4. The van der Waals surface area contributed by atoms with E-state index >= 15 is 19.2 Å². The summed E-state index contributed by atoms with van der Waals surface area (Å²) in [5, 5.41) is 42.5. The number of amides is 11. The van der Waals surface area contributed by atoms with Gasteiger partial charge in [-0.25, -0.2) is 0 Å². The van der Waals surface area contributed by atoms with Crippen LogP contribution in [0.3, 0.4) is 0 Å². The minimum absolute atomic E-state index is 0.0744. The molecule has 1 aliphatic heterocycles. The molecule has 1 aliphatic rings. The van der Waals surface area contributed by atoms with E-state index in [0.717, 1.165) is 24.5 Å². The normalized spacial score (nSPS) is 27.3. The van der Waals surface area contributed by atoms with Gasteiger partial charge in [-0.2, -0.15) is 0 Å². The average Bonchev–Trinajstić information content (AvgIpc) is 3.59. The summed E-state index contributed by atoms with van der Waals surface area (Å²) in [6.07, 6.45) is 2.12. The number of aliphatic hydroxyl groups is 3. The lowest BCUT2D eigenvalue weighted by atomic mass is 9.91. The van der Waals surface area contributed by atoms with Crippen LogP contribution in [0.15, 0.2) is 12.2 Å². The maximum Gasteiger partial charge on any atom is 0.248 e. The molecule has 1 rings (SSSR count). The molecule has 0 bridgehead atoms. The number of carbonyl (C=O) groups is 11. The molecule has 6 N–H and O–H groups in total. The molecule has 25 heteroatoms. The van der Waals surface area contributed by atoms with Crippen LogP contribution in [0.2, 0.25) is 0 Å². The van der Waals surface area contributed by atoms with Gasteiger partial charge in [-0.1, -0.05) is 95.2 Å². The van der Waals surface area contributed by atoms with Crippen LogP contribution in [0.25, 0.3) is 0 Å². The Balaban J connectivity index is 4.50. The fourth-order valence-electron chi connectivity index (χ4n) is 11.3. The molecule has 1 saturated heterocycles. The highest BCUT2D eigenvalue weighted by Crippen LogP contribution is 2.27. The number of rotatable bonds is 16. The van der Waals surface area contributed by atoms with Crippen LogP contribution in [-0.4, -0.2) is 261 Å². The summed E-state index contributed by atoms with van der Waals surface area (Å²) in [6.45, 7) is 27.5. The molecule has 510 valence electrons. The van der Waals surface area contributed by atoms with Crippen molar-refractivity contribution in [1.82, 2.24) is 55.1 Å². The second kappa shape index (κ2) is 35.4. The van der Waals surface area contributed by atoms with Gasteiger partial charge in [-0.3, -0.25) is 52.7 Å². The second-order valence-corrected chi connectivity index (χ2v) is 27.3. The first-order valence-corrected chi connectivity index (χ1v) is 31.6. The van der Waals surface area contributed by atoms with E-state index in [-0.39, 0.29) is 49.9 Å². The van der Waals surface area contributed by atoms with Crippen LogP contribution in [0, 0.1) is 35.5 Å². The maximum absolute atomic E-state index is 15.3. The summed E-state index contributed by atoms with van der Waals surface area (Å²) in [6, 6.07) is -15.0. The molecule has 0 radical (unpaired) electrons. The Morgan fingerprint density at radius 2 is 0.831 bits per heavy atom. The first kappa shape index (κ1) is 80.8. The van der Waals surface area contributed by atoms with Gasteiger partial charge in [0.15, 0.2) is 0 Å². The van der Waals surface area contributed by atoms with Gasteiger partial charge in [0.2, 0.25) is 65.0 Å². The highest BCUT2D eigenvalue weighted by molar-refractivity contribution is 6.00. The first-order valence-electron chi connectivity index (χ1n) is 31.6. The van der Waals surface area contributed by atoms with Gasteiger partial charge in [0, 0.05) is 62.8 Å². The molecule has 0 spiro atoms. The van der Waals surface area contributed by atoms with Gasteiger partial charge in [0.1, 0.15) is 66.5 Å². The lowest BCUT2D eigenvalue weighted by molar-refractivity contribution is -0.161. The minimum atomic E-state index is -1.69. The van der Waals surface area contributed by atoms with Crippen molar-refractivity contribution >= 4 is 65.0 Å². The number of hydrogen-bond acceptors (Lipinski definition) is 14. The number of nitrogens with one attached hydrogen (secondary N) is 3. The van der Waals surface area contributed by atoms with Crippen LogP contribution in [0.4, 0.5) is 0 Å². The maximum atomic E-state index is 15.3. The van der Waals surface area contributed by atoms with Crippen LogP contribution in [0.1, 0.15) is 156 Å². The molecule has 0 aliphatic carbocycles. The standard InChI is InChI=1S/C64H115N11O14/c1-26-28-29-40(13)52(77)51-63(88)68(18)43(27-2)57(82)73(23)48(34-76)60(85)72(22)47(33-64(16,17)89)55(80)67-49(38(9)10)61(86)69(19)44(30-35(3)4)54(79)65-41(14)53(78)66-42(15)56(81)70(20)45(31-36(5)6)58(83)71(21)46(32-37(7)8)59(84)74(24)50(39(11)12)62(87)75(51)25/h26,28,35-52,76-77,89H,27,29-34H2,1-25H3,(H,65,79)(H,66,78)(H,67,80)/b28-26+/t40-,41+,42-,43+,44+,45+,46+,47+,48-,49+,50+,51+,52-/m1/s1. The predicted octanol–water partition coefficient (Wildman–Crippen LogP) is 2.09. The number of aliphatic hydroxyl groups excluding tert-OH is 2. The summed E-state index contributed by atoms with van der Waals surface area (Å²) < 4.78 is 0. The third-order valence-electron chi connectivity index (χ3n) is 17.0. The molecule has 0 saturated carbocycles. The summed E-state index contributed by atoms with van der Waals surface area (Å²) in [5.41, 5.74) is -1.63. The molecule has 0 aromatic heterocycles. The van der Waals surface area contributed by atoms with Crippen LogP contribution in [0.5, 0.6) is 0 Å². The van der Waals surface area contributed by atoms with Crippen molar-refractivity contribution in [3.63, 3.8) is 0 Å². The second-order valence-electron chi connectivity index (χ2n) is 27.3. The lowest BCUT2D eigenvalue weighted by Gasteiger charge is -2.43. The third-order valence-corrected chi connectivity index (χ3v) is 17.0. The van der Waals surface area contributed by atoms with Crippen LogP contribution < -0.4 is 16.0 Å². The SMILES string of the molecule is C/C=C/C[C@@H](C)[C@@H](O)[C@H]1C(=O)N(C)[C@@H](CC)C(=O)N(C)[C@H](CO)C(=O)N(C)[C@@H](CC(C)(C)O)C(=O)N[C@@H](C(C)C)C(=O)N(C)[C@@H](CC(C)C)C(=O)N[C@@H](C)C(=O)N[C@H](C)C(=O)N(C)[C@@H](CC(C)C)C(=O)N(C)[C@@H](CC(C)C)C(=O)N(C)[C@@H](C(C)C)C(=O)N1C. The van der Waals surface area contributed by atoms with Crippen molar-refractivity contribution in [2.24, 2.45) is 35.5 Å². The molecular formula is C64H115N11O14. The van der Waals surface area contributed by atoms with Gasteiger partial charge in [-0.05, 0) is 102 Å². The van der Waals surface area contributed by atoms with Crippen LogP contribution >= 0.6 is 0 Å². The molecule has 0 aromatic carbocycles. The van der Waals surface area contributed by atoms with Gasteiger partial charge >= 0.3 is 0 Å². The zero-order chi connectivity index (χ0) is 69.3. The molecule has 0 unspecified atom stereocenters. The van der Waals surface area contributed by atoms with Gasteiger partial charge in [0.25, 0.3) is 0 Å². The number of carbonyl (C=O) groups excluding carboxylic acids is 11. The molecule has 1 fully saturated rings. The monoisotopic (exact) mass is 1260 g/mol. The Morgan fingerprint density at radius 1 is 0.461 bits per heavy atom. The minimum Gasteiger partial charge on any atom is -0.394 e. The van der Waals surface area contributed by atoms with E-state index in [2.05, 4.69) is 16.0 Å². The predicted molar refractivity (Wildman–Crippen MR) is 341 cm³/mol. The molecular weight excluding hydrogens is 1150 g/mol. The van der Waals surface area contributed by atoms with E-state index in [0.29, 0.717) is 0 Å². The zero-order valence-corrected chi connectivity index (χ0v) is 58.4. The Bertz CT molecular complexity index is 2460. The summed E-state index contributed by atoms with van der Waals surface area (Å²) >= 11 is 0. The summed E-state index contributed by atoms with van der Waals surface area (Å²) in [4.78, 5) is 171. The number of allylic oxidation sites excluding steroid dienone is 2. The quantitative estimate of drug-likeness (QED) is 0.121. The van der Waals surface area contributed by atoms with E-state index < -0.39 is 174 Å². The average molecular weight is 1260 g/mol. The van der Waals surface area contributed by atoms with E-state index in [1.165, 1.54) is 98.8 Å². The number of hydrogen-bond donors (Lipinski definition) is 6. The number of nitrogens with zero attached hydrogens (tertiary/aromatic N) is 8. The Kier molecular flexibility index (Phi) is 32.1. The fraction of sp³-hybridized carbons (Fsp3) is 0.797. The summed E-state index contributed by atoms with van der Waals surface area (Å²) in [5.74, 6) is -10.9. The Labute approximate surface area is 531 Å². The Morgan fingerprint density at radius 3 is 1.27 bits per heavy atom.